The number of hydrogen-bond donors (Lipinski definition) is 1. The van der Waals surface area contributed by atoms with Crippen molar-refractivity contribution in [2.45, 2.75) is 57.9 Å². The normalized spacial score (nSPS) is 17.8. The molecule has 0 unspecified atom stereocenters. The predicted octanol–water partition coefficient (Wildman–Crippen LogP) is 3.41. The molecule has 0 amide bonds. The minimum absolute atomic E-state index is 0.162. The summed E-state index contributed by atoms with van der Waals surface area (Å²) < 4.78 is 41.1. The molecule has 108 valence electrons. The van der Waals surface area contributed by atoms with Crippen molar-refractivity contribution in [1.82, 2.24) is 15.1 Å². The molecule has 1 saturated carbocycles. The molecule has 2 rings (SSSR count). The Kier molecular flexibility index (Phi) is 3.97. The average Bonchev–Trinajstić information content (AvgIpc) is 3.07. The maximum atomic E-state index is 12.9. The number of halogens is 4. The molecular formula is C12H17BrF3N3. The van der Waals surface area contributed by atoms with Crippen LogP contribution in [0.2, 0.25) is 0 Å². The molecule has 0 spiro atoms. The zero-order chi connectivity index (χ0) is 14.3. The standard InChI is InChI=1S/C12H17BrF3N3/c1-3-8-10(13)9(19(4-2)18-8)7-17-11(5-6-11)12(14,15)16/h17H,3-7H2,1-2H3. The number of nitrogens with zero attached hydrogens (tertiary/aromatic N) is 2. The van der Waals surface area contributed by atoms with Gasteiger partial charge in [-0.3, -0.25) is 10.00 Å². The van der Waals surface area contributed by atoms with Gasteiger partial charge in [-0.05, 0) is 42.1 Å². The smallest absolute Gasteiger partial charge is 0.298 e. The third kappa shape index (κ3) is 2.67. The fourth-order valence-electron chi connectivity index (χ4n) is 2.12. The second kappa shape index (κ2) is 5.09. The summed E-state index contributed by atoms with van der Waals surface area (Å²) in [6.07, 6.45) is -3.10. The Hall–Kier alpha value is -0.560. The van der Waals surface area contributed by atoms with Crippen molar-refractivity contribution >= 4 is 15.9 Å². The van der Waals surface area contributed by atoms with Crippen molar-refractivity contribution in [2.75, 3.05) is 0 Å². The summed E-state index contributed by atoms with van der Waals surface area (Å²) >= 11 is 3.44. The first-order chi connectivity index (χ1) is 8.84. The summed E-state index contributed by atoms with van der Waals surface area (Å²) in [5.41, 5.74) is -0.00726. The van der Waals surface area contributed by atoms with E-state index in [1.807, 2.05) is 13.8 Å². The van der Waals surface area contributed by atoms with Crippen LogP contribution in [0.1, 0.15) is 38.1 Å². The van der Waals surface area contributed by atoms with Crippen LogP contribution in [0.25, 0.3) is 0 Å². The minimum Gasteiger partial charge on any atom is -0.298 e. The lowest BCUT2D eigenvalue weighted by molar-refractivity contribution is -0.166. The molecule has 0 saturated heterocycles. The van der Waals surface area contributed by atoms with E-state index in [0.717, 1.165) is 22.3 Å². The fraction of sp³-hybridized carbons (Fsp3) is 0.750. The molecule has 1 fully saturated rings. The van der Waals surface area contributed by atoms with Crippen LogP contribution < -0.4 is 5.32 Å². The Labute approximate surface area is 118 Å². The largest absolute Gasteiger partial charge is 0.406 e. The third-order valence-electron chi connectivity index (χ3n) is 3.58. The van der Waals surface area contributed by atoms with Crippen molar-refractivity contribution in [3.05, 3.63) is 15.9 Å². The van der Waals surface area contributed by atoms with E-state index >= 15 is 0 Å². The first-order valence-corrected chi connectivity index (χ1v) is 7.19. The molecule has 1 aromatic rings. The van der Waals surface area contributed by atoms with E-state index in [1.165, 1.54) is 0 Å². The van der Waals surface area contributed by atoms with Crippen LogP contribution in [0.3, 0.4) is 0 Å². The van der Waals surface area contributed by atoms with Gasteiger partial charge in [-0.25, -0.2) is 0 Å². The van der Waals surface area contributed by atoms with Crippen molar-refractivity contribution < 1.29 is 13.2 Å². The predicted molar refractivity (Wildman–Crippen MR) is 69.8 cm³/mol. The van der Waals surface area contributed by atoms with Crippen molar-refractivity contribution in [3.63, 3.8) is 0 Å². The molecule has 0 radical (unpaired) electrons. The second-order valence-electron chi connectivity index (χ2n) is 4.81. The van der Waals surface area contributed by atoms with Gasteiger partial charge in [0.25, 0.3) is 0 Å². The molecule has 0 atom stereocenters. The van der Waals surface area contributed by atoms with Crippen molar-refractivity contribution in [2.24, 2.45) is 0 Å². The zero-order valence-electron chi connectivity index (χ0n) is 10.9. The Morgan fingerprint density at radius 2 is 2.00 bits per heavy atom. The summed E-state index contributed by atoms with van der Waals surface area (Å²) in [6, 6.07) is 0. The average molecular weight is 340 g/mol. The lowest BCUT2D eigenvalue weighted by atomic mass is 10.2. The molecule has 1 N–H and O–H groups in total. The highest BCUT2D eigenvalue weighted by Crippen LogP contribution is 2.49. The van der Waals surface area contributed by atoms with Gasteiger partial charge in [0.15, 0.2) is 0 Å². The summed E-state index contributed by atoms with van der Waals surface area (Å²) in [6.45, 7) is 4.73. The van der Waals surface area contributed by atoms with Crippen LogP contribution >= 0.6 is 15.9 Å². The molecule has 7 heteroatoms. The van der Waals surface area contributed by atoms with E-state index in [1.54, 1.807) is 4.68 Å². The summed E-state index contributed by atoms with van der Waals surface area (Å²) in [4.78, 5) is 0. The number of nitrogens with one attached hydrogen (secondary N) is 1. The lowest BCUT2D eigenvalue weighted by Gasteiger charge is -2.21. The zero-order valence-corrected chi connectivity index (χ0v) is 12.5. The Balaban J connectivity index is 2.14. The summed E-state index contributed by atoms with van der Waals surface area (Å²) in [7, 11) is 0. The maximum absolute atomic E-state index is 12.9. The number of aromatic nitrogens is 2. The van der Waals surface area contributed by atoms with Gasteiger partial charge in [0.2, 0.25) is 0 Å². The van der Waals surface area contributed by atoms with E-state index in [-0.39, 0.29) is 19.4 Å². The van der Waals surface area contributed by atoms with E-state index in [0.29, 0.717) is 6.54 Å². The Morgan fingerprint density at radius 3 is 2.42 bits per heavy atom. The molecule has 3 nitrogen and oxygen atoms in total. The molecule has 1 aliphatic carbocycles. The van der Waals surface area contributed by atoms with Gasteiger partial charge >= 0.3 is 6.18 Å². The second-order valence-corrected chi connectivity index (χ2v) is 5.60. The van der Waals surface area contributed by atoms with Gasteiger partial charge in [0.1, 0.15) is 5.54 Å². The van der Waals surface area contributed by atoms with Crippen molar-refractivity contribution in [3.8, 4) is 0 Å². The molecule has 0 aromatic carbocycles. The molecule has 1 aromatic heterocycles. The minimum atomic E-state index is -4.18. The maximum Gasteiger partial charge on any atom is 0.406 e. The molecule has 1 aliphatic rings. The van der Waals surface area contributed by atoms with Gasteiger partial charge in [-0.1, -0.05) is 6.92 Å². The highest BCUT2D eigenvalue weighted by Gasteiger charge is 2.63. The molecule has 1 heterocycles. The van der Waals surface area contributed by atoms with Crippen LogP contribution in [0.15, 0.2) is 4.47 Å². The van der Waals surface area contributed by atoms with E-state index in [9.17, 15) is 13.2 Å². The van der Waals surface area contributed by atoms with Gasteiger partial charge in [-0.2, -0.15) is 18.3 Å². The quantitative estimate of drug-likeness (QED) is 0.890. The summed E-state index contributed by atoms with van der Waals surface area (Å²) in [5.74, 6) is 0. The SMILES string of the molecule is CCc1nn(CC)c(CNC2(C(F)(F)F)CC2)c1Br. The topological polar surface area (TPSA) is 29.9 Å². The van der Waals surface area contributed by atoms with Crippen molar-refractivity contribution in [1.29, 1.82) is 0 Å². The van der Waals surface area contributed by atoms with Crippen LogP contribution in [0.5, 0.6) is 0 Å². The van der Waals surface area contributed by atoms with Gasteiger partial charge < -0.3 is 0 Å². The highest BCUT2D eigenvalue weighted by molar-refractivity contribution is 9.10. The number of rotatable bonds is 5. The van der Waals surface area contributed by atoms with E-state index in [2.05, 4.69) is 26.3 Å². The molecule has 0 bridgehead atoms. The first kappa shape index (κ1) is 14.8. The number of alkyl halides is 3. The van der Waals surface area contributed by atoms with Gasteiger partial charge in [-0.15, -0.1) is 0 Å². The monoisotopic (exact) mass is 339 g/mol. The van der Waals surface area contributed by atoms with Gasteiger partial charge in [0.05, 0.1) is 15.9 Å². The molecule has 19 heavy (non-hydrogen) atoms. The van der Waals surface area contributed by atoms with Crippen LogP contribution in [-0.2, 0) is 19.5 Å². The van der Waals surface area contributed by atoms with Crippen LogP contribution in [0, 0.1) is 0 Å². The third-order valence-corrected chi connectivity index (χ3v) is 4.50. The number of aryl methyl sites for hydroxylation is 2. The highest BCUT2D eigenvalue weighted by atomic mass is 79.9. The van der Waals surface area contributed by atoms with Gasteiger partial charge in [0, 0.05) is 13.1 Å². The Morgan fingerprint density at radius 1 is 1.37 bits per heavy atom. The summed E-state index contributed by atoms with van der Waals surface area (Å²) in [5, 5.41) is 7.04. The van der Waals surface area contributed by atoms with Crippen LogP contribution in [-0.4, -0.2) is 21.5 Å². The van der Waals surface area contributed by atoms with E-state index in [4.69, 9.17) is 0 Å². The fourth-order valence-corrected chi connectivity index (χ4v) is 2.83. The molecule has 0 aliphatic heterocycles. The Bertz CT molecular complexity index is 464. The molecular weight excluding hydrogens is 323 g/mol. The lowest BCUT2D eigenvalue weighted by Crippen LogP contribution is -2.44. The number of hydrogen-bond acceptors (Lipinski definition) is 2. The van der Waals surface area contributed by atoms with Crippen LogP contribution in [0.4, 0.5) is 13.2 Å². The first-order valence-electron chi connectivity index (χ1n) is 6.40. The van der Waals surface area contributed by atoms with E-state index < -0.39 is 11.7 Å².